The van der Waals surface area contributed by atoms with Crippen molar-refractivity contribution >= 4 is 63.0 Å². The molecule has 2 unspecified atom stereocenters. The second-order valence-electron chi connectivity index (χ2n) is 9.22. The molecule has 3 aromatic carbocycles. The van der Waals surface area contributed by atoms with Gasteiger partial charge >= 0.3 is 15.2 Å². The number of hydrogen-bond acceptors (Lipinski definition) is 4. The minimum absolute atomic E-state index is 0.0236. The molecule has 0 saturated carbocycles. The molecular formula is C25H25Br3O6P2. The summed E-state index contributed by atoms with van der Waals surface area (Å²) >= 11 is 10.3. The van der Waals surface area contributed by atoms with E-state index in [9.17, 15) is 18.9 Å². The van der Waals surface area contributed by atoms with E-state index in [0.29, 0.717) is 0 Å². The molecular weight excluding hydrogens is 698 g/mol. The molecule has 0 aromatic heterocycles. The second-order valence-corrected chi connectivity index (χ2v) is 16.4. The largest absolute Gasteiger partial charge is 0.357 e. The molecule has 3 aromatic rings. The number of benzene rings is 3. The van der Waals surface area contributed by atoms with Gasteiger partial charge in [-0.3, -0.25) is 13.7 Å². The average molecular weight is 723 g/mol. The summed E-state index contributed by atoms with van der Waals surface area (Å²) in [6.45, 7) is 1.30. The van der Waals surface area contributed by atoms with E-state index in [2.05, 4.69) is 47.8 Å². The van der Waals surface area contributed by atoms with Gasteiger partial charge in [0.2, 0.25) is 0 Å². The molecule has 1 heterocycles. The van der Waals surface area contributed by atoms with Crippen LogP contribution in [0.15, 0.2) is 86.2 Å². The maximum atomic E-state index is 14.7. The molecule has 1 fully saturated rings. The highest BCUT2D eigenvalue weighted by Crippen LogP contribution is 2.78. The summed E-state index contributed by atoms with van der Waals surface area (Å²) in [4.78, 5) is 20.5. The summed E-state index contributed by atoms with van der Waals surface area (Å²) in [6, 6.07) is 22.5. The van der Waals surface area contributed by atoms with Gasteiger partial charge in [-0.2, -0.15) is 0 Å². The number of halogens is 3. The van der Waals surface area contributed by atoms with Crippen molar-refractivity contribution in [3.8, 4) is 0 Å². The normalized spacial score (nSPS) is 23.6. The lowest BCUT2D eigenvalue weighted by Crippen LogP contribution is -2.35. The van der Waals surface area contributed by atoms with Crippen molar-refractivity contribution in [1.29, 1.82) is 0 Å². The van der Waals surface area contributed by atoms with Crippen molar-refractivity contribution < 1.29 is 28.0 Å². The summed E-state index contributed by atoms with van der Waals surface area (Å²) in [5.41, 5.74) is 2.49. The Morgan fingerprint density at radius 2 is 1.22 bits per heavy atom. The molecule has 4 rings (SSSR count). The Balaban J connectivity index is 1.80. The number of hydrogen-bond donors (Lipinski definition) is 2. The molecule has 36 heavy (non-hydrogen) atoms. The molecule has 192 valence electrons. The van der Waals surface area contributed by atoms with E-state index in [4.69, 9.17) is 9.05 Å². The molecule has 0 amide bonds. The predicted molar refractivity (Wildman–Crippen MR) is 151 cm³/mol. The number of rotatable bonds is 8. The molecule has 0 aliphatic carbocycles. The Morgan fingerprint density at radius 1 is 0.833 bits per heavy atom. The monoisotopic (exact) mass is 720 g/mol. The van der Waals surface area contributed by atoms with Crippen molar-refractivity contribution in [2.24, 2.45) is 0 Å². The van der Waals surface area contributed by atoms with Crippen molar-refractivity contribution in [2.75, 3.05) is 0 Å². The highest BCUT2D eigenvalue weighted by Gasteiger charge is 2.68. The lowest BCUT2D eigenvalue weighted by atomic mass is 9.87. The van der Waals surface area contributed by atoms with Gasteiger partial charge in [-0.05, 0) is 72.9 Å². The Morgan fingerprint density at radius 3 is 1.61 bits per heavy atom. The molecule has 0 bridgehead atoms. The summed E-state index contributed by atoms with van der Waals surface area (Å²) in [6.07, 6.45) is 0.376. The van der Waals surface area contributed by atoms with Crippen molar-refractivity contribution in [3.05, 3.63) is 103 Å². The van der Waals surface area contributed by atoms with E-state index in [-0.39, 0.29) is 25.9 Å². The van der Waals surface area contributed by atoms with Crippen LogP contribution in [0.3, 0.4) is 0 Å². The molecule has 6 nitrogen and oxygen atoms in total. The minimum atomic E-state index is -4.81. The van der Waals surface area contributed by atoms with Gasteiger partial charge in [-0.25, -0.2) is 0 Å². The molecule has 1 aliphatic heterocycles. The van der Waals surface area contributed by atoms with Crippen LogP contribution in [0.1, 0.15) is 30.0 Å². The van der Waals surface area contributed by atoms with Crippen molar-refractivity contribution in [3.63, 3.8) is 0 Å². The molecule has 2 N–H and O–H groups in total. The first-order valence-electron chi connectivity index (χ1n) is 11.1. The topological polar surface area (TPSA) is 93.1 Å². The second kappa shape index (κ2) is 10.9. The van der Waals surface area contributed by atoms with Gasteiger partial charge < -0.3 is 14.3 Å². The molecule has 1 aliphatic rings. The quantitative estimate of drug-likeness (QED) is 0.228. The van der Waals surface area contributed by atoms with Crippen LogP contribution in [0, 0.1) is 0 Å². The maximum Gasteiger partial charge on any atom is 0.357 e. The summed E-state index contributed by atoms with van der Waals surface area (Å²) in [7, 11) is -8.90. The standard InChI is InChI=1S/C25H25Br3O6P2/c1-24(35(29,30)31)17-25(14-18-2-8-21(26)9-3-18,15-19-4-10-22(27)11-5-19)36(32,34-24)33-16-20-6-12-23(28)13-7-20/h2-13H,14-17H2,1H3,(H2,29,30,31). The molecule has 11 heteroatoms. The third-order valence-corrected chi connectivity index (χ3v) is 12.3. The fraction of sp³-hybridized carbons (Fsp3) is 0.280. The third-order valence-electron chi connectivity index (χ3n) is 6.38. The molecule has 0 spiro atoms. The lowest BCUT2D eigenvalue weighted by Gasteiger charge is -2.33. The first kappa shape index (κ1) is 28.4. The van der Waals surface area contributed by atoms with E-state index in [1.54, 1.807) is 0 Å². The first-order chi connectivity index (χ1) is 16.8. The Hall–Kier alpha value is -0.600. The fourth-order valence-electron chi connectivity index (χ4n) is 4.50. The lowest BCUT2D eigenvalue weighted by molar-refractivity contribution is 0.125. The van der Waals surface area contributed by atoms with Gasteiger partial charge in [0, 0.05) is 19.8 Å². The van der Waals surface area contributed by atoms with E-state index < -0.39 is 25.7 Å². The average Bonchev–Trinajstić information content (AvgIpc) is 3.03. The van der Waals surface area contributed by atoms with Gasteiger partial charge in [0.05, 0.1) is 11.8 Å². The van der Waals surface area contributed by atoms with Crippen molar-refractivity contribution in [2.45, 2.75) is 43.3 Å². The first-order valence-corrected chi connectivity index (χ1v) is 16.6. The summed E-state index contributed by atoms with van der Waals surface area (Å²) in [5, 5.41) is -3.16. The van der Waals surface area contributed by atoms with Gasteiger partial charge in [-0.15, -0.1) is 0 Å². The minimum Gasteiger partial charge on any atom is -0.322 e. The smallest absolute Gasteiger partial charge is 0.322 e. The van der Waals surface area contributed by atoms with Crippen LogP contribution in [0.4, 0.5) is 0 Å². The van der Waals surface area contributed by atoms with E-state index in [0.717, 1.165) is 30.1 Å². The zero-order chi connectivity index (χ0) is 26.2. The third kappa shape index (κ3) is 6.17. The zero-order valence-electron chi connectivity index (χ0n) is 19.3. The van der Waals surface area contributed by atoms with Crippen LogP contribution in [0.25, 0.3) is 0 Å². The van der Waals surface area contributed by atoms with Crippen LogP contribution in [-0.4, -0.2) is 20.3 Å². The highest BCUT2D eigenvalue weighted by molar-refractivity contribution is 9.11. The Labute approximate surface area is 235 Å². The van der Waals surface area contributed by atoms with Crippen LogP contribution >= 0.6 is 63.0 Å². The highest BCUT2D eigenvalue weighted by atomic mass is 79.9. The van der Waals surface area contributed by atoms with Gasteiger partial charge in [0.15, 0.2) is 5.34 Å². The maximum absolute atomic E-state index is 14.7. The molecule has 1 saturated heterocycles. The Kier molecular flexibility index (Phi) is 8.58. The van der Waals surface area contributed by atoms with Gasteiger partial charge in [-0.1, -0.05) is 84.2 Å². The van der Waals surface area contributed by atoms with Gasteiger partial charge in [0.25, 0.3) is 0 Å². The predicted octanol–water partition coefficient (Wildman–Crippen LogP) is 8.22. The summed E-state index contributed by atoms with van der Waals surface area (Å²) < 4.78 is 42.0. The molecule has 0 radical (unpaired) electrons. The Bertz CT molecular complexity index is 1260. The van der Waals surface area contributed by atoms with Crippen LogP contribution < -0.4 is 0 Å². The SMILES string of the molecule is CC1(P(=O)(O)O)CC(Cc2ccc(Br)cc2)(Cc2ccc(Br)cc2)P(=O)(OCc2ccc(Br)cc2)O1. The zero-order valence-corrected chi connectivity index (χ0v) is 25.9. The van der Waals surface area contributed by atoms with Crippen LogP contribution in [0.5, 0.6) is 0 Å². The van der Waals surface area contributed by atoms with E-state index in [1.807, 2.05) is 72.8 Å². The van der Waals surface area contributed by atoms with Crippen LogP contribution in [0.2, 0.25) is 0 Å². The van der Waals surface area contributed by atoms with Crippen molar-refractivity contribution in [1.82, 2.24) is 0 Å². The van der Waals surface area contributed by atoms with Gasteiger partial charge in [0.1, 0.15) is 0 Å². The molecule has 2 atom stereocenters. The van der Waals surface area contributed by atoms with Crippen LogP contribution in [-0.2, 0) is 37.6 Å². The summed E-state index contributed by atoms with van der Waals surface area (Å²) in [5.74, 6) is 0. The van der Waals surface area contributed by atoms with E-state index in [1.165, 1.54) is 6.92 Å². The van der Waals surface area contributed by atoms with E-state index >= 15 is 0 Å². The fourth-order valence-corrected chi connectivity index (χ4v) is 9.34.